The fourth-order valence-corrected chi connectivity index (χ4v) is 2.78. The van der Waals surface area contributed by atoms with E-state index in [0.717, 1.165) is 15.1 Å². The molecule has 0 spiro atoms. The van der Waals surface area contributed by atoms with Crippen LogP contribution >= 0.6 is 22.9 Å². The number of nitrogens with one attached hydrogen (secondary N) is 1. The van der Waals surface area contributed by atoms with Crippen LogP contribution in [0.1, 0.15) is 5.56 Å². The van der Waals surface area contributed by atoms with Gasteiger partial charge in [0.25, 0.3) is 5.89 Å². The van der Waals surface area contributed by atoms with Crippen LogP contribution in [0.15, 0.2) is 51.0 Å². The molecule has 0 atom stereocenters. The van der Waals surface area contributed by atoms with Crippen LogP contribution in [-0.2, 0) is 17.9 Å². The highest BCUT2D eigenvalue weighted by Crippen LogP contribution is 2.21. The van der Waals surface area contributed by atoms with E-state index in [0.29, 0.717) is 5.02 Å². The number of thiophene rings is 1. The van der Waals surface area contributed by atoms with E-state index >= 15 is 0 Å². The Kier molecular flexibility index (Phi) is 4.59. The van der Waals surface area contributed by atoms with Crippen molar-refractivity contribution in [3.8, 4) is 10.8 Å². The molecule has 0 bridgehead atoms. The van der Waals surface area contributed by atoms with Crippen LogP contribution in [0.2, 0.25) is 5.02 Å². The van der Waals surface area contributed by atoms with Crippen molar-refractivity contribution in [3.63, 3.8) is 0 Å². The van der Waals surface area contributed by atoms with Gasteiger partial charge < -0.3 is 9.73 Å². The third-order valence-electron chi connectivity index (χ3n) is 3.07. The van der Waals surface area contributed by atoms with Crippen LogP contribution in [-0.4, -0.2) is 15.7 Å². The smallest absolute Gasteiger partial charge is 0.387 e. The number of hydrogen-bond donors (Lipinski definition) is 1. The highest BCUT2D eigenvalue weighted by atomic mass is 35.5. The molecule has 1 aromatic carbocycles. The number of carbonyl (C=O) groups excluding carboxylic acids is 1. The Balaban J connectivity index is 1.64. The third kappa shape index (κ3) is 3.69. The second-order valence-corrected chi connectivity index (χ2v) is 6.03. The average Bonchev–Trinajstić information content (AvgIpc) is 3.17. The summed E-state index contributed by atoms with van der Waals surface area (Å²) in [5.41, 5.74) is 0.800. The Hall–Kier alpha value is -2.38. The molecule has 8 heteroatoms. The van der Waals surface area contributed by atoms with Gasteiger partial charge >= 0.3 is 5.76 Å². The maximum Gasteiger partial charge on any atom is 0.437 e. The van der Waals surface area contributed by atoms with Crippen molar-refractivity contribution in [1.82, 2.24) is 15.1 Å². The van der Waals surface area contributed by atoms with Crippen LogP contribution in [0, 0.1) is 0 Å². The molecule has 0 aliphatic carbocycles. The van der Waals surface area contributed by atoms with E-state index in [9.17, 15) is 9.59 Å². The number of nitrogens with zero attached hydrogens (tertiary/aromatic N) is 2. The molecular formula is C15H12ClN3O3S. The summed E-state index contributed by atoms with van der Waals surface area (Å²) in [4.78, 5) is 24.4. The highest BCUT2D eigenvalue weighted by Gasteiger charge is 2.13. The molecule has 1 N–H and O–H groups in total. The minimum Gasteiger partial charge on any atom is -0.387 e. The molecule has 3 rings (SSSR count). The SMILES string of the molecule is O=C(Cn1nc(-c2cccs2)oc1=O)NCc1ccccc1Cl. The van der Waals surface area contributed by atoms with Gasteiger partial charge in [0.15, 0.2) is 0 Å². The molecule has 0 unspecified atom stereocenters. The zero-order valence-corrected chi connectivity index (χ0v) is 13.4. The molecule has 0 fully saturated rings. The van der Waals surface area contributed by atoms with Crippen molar-refractivity contribution in [1.29, 1.82) is 0 Å². The topological polar surface area (TPSA) is 77.1 Å². The summed E-state index contributed by atoms with van der Waals surface area (Å²) in [7, 11) is 0. The first kappa shape index (κ1) is 15.5. The normalized spacial score (nSPS) is 10.7. The molecule has 0 aliphatic rings. The molecule has 2 aromatic heterocycles. The lowest BCUT2D eigenvalue weighted by Crippen LogP contribution is -2.31. The molecule has 0 radical (unpaired) electrons. The van der Waals surface area contributed by atoms with E-state index in [1.165, 1.54) is 11.3 Å². The molecule has 0 aliphatic heterocycles. The van der Waals surface area contributed by atoms with Gasteiger partial charge in [0.2, 0.25) is 5.91 Å². The van der Waals surface area contributed by atoms with Crippen LogP contribution in [0.4, 0.5) is 0 Å². The Bertz CT molecular complexity index is 870. The Morgan fingerprint density at radius 1 is 1.30 bits per heavy atom. The number of amides is 1. The van der Waals surface area contributed by atoms with Crippen molar-refractivity contribution in [2.75, 3.05) is 0 Å². The summed E-state index contributed by atoms with van der Waals surface area (Å²) < 4.78 is 6.04. The van der Waals surface area contributed by atoms with Crippen molar-refractivity contribution in [2.24, 2.45) is 0 Å². The molecule has 0 saturated carbocycles. The van der Waals surface area contributed by atoms with E-state index in [4.69, 9.17) is 16.0 Å². The molecular weight excluding hydrogens is 338 g/mol. The predicted molar refractivity (Wildman–Crippen MR) is 87.4 cm³/mol. The second kappa shape index (κ2) is 6.80. The number of carbonyl (C=O) groups is 1. The lowest BCUT2D eigenvalue weighted by atomic mass is 10.2. The average molecular weight is 350 g/mol. The van der Waals surface area contributed by atoms with Gasteiger partial charge in [-0.05, 0) is 23.1 Å². The first-order valence-electron chi connectivity index (χ1n) is 6.75. The lowest BCUT2D eigenvalue weighted by molar-refractivity contribution is -0.122. The summed E-state index contributed by atoms with van der Waals surface area (Å²) in [6, 6.07) is 10.8. The molecule has 1 amide bonds. The zero-order valence-electron chi connectivity index (χ0n) is 11.9. The number of hydrogen-bond acceptors (Lipinski definition) is 5. The summed E-state index contributed by atoms with van der Waals surface area (Å²) >= 11 is 7.42. The third-order valence-corrected chi connectivity index (χ3v) is 4.29. The molecule has 6 nitrogen and oxygen atoms in total. The quantitative estimate of drug-likeness (QED) is 0.767. The standard InChI is InChI=1S/C15H12ClN3O3S/c16-11-5-2-1-4-10(11)8-17-13(20)9-19-15(21)22-14(18-19)12-6-3-7-23-12/h1-7H,8-9H2,(H,17,20). The monoisotopic (exact) mass is 349 g/mol. The van der Waals surface area contributed by atoms with Crippen LogP contribution in [0.5, 0.6) is 0 Å². The highest BCUT2D eigenvalue weighted by molar-refractivity contribution is 7.13. The summed E-state index contributed by atoms with van der Waals surface area (Å²) in [6.45, 7) is 0.0705. The Morgan fingerprint density at radius 3 is 2.87 bits per heavy atom. The van der Waals surface area contributed by atoms with Gasteiger partial charge in [-0.15, -0.1) is 16.4 Å². The predicted octanol–water partition coefficient (Wildman–Crippen LogP) is 2.53. The Labute approximate surface area is 140 Å². The van der Waals surface area contributed by atoms with E-state index < -0.39 is 5.76 Å². The van der Waals surface area contributed by atoms with Gasteiger partial charge in [-0.25, -0.2) is 4.79 Å². The van der Waals surface area contributed by atoms with Gasteiger partial charge in [-0.3, -0.25) is 4.79 Å². The van der Waals surface area contributed by atoms with E-state index in [1.54, 1.807) is 12.1 Å². The fourth-order valence-electron chi connectivity index (χ4n) is 1.93. The van der Waals surface area contributed by atoms with E-state index in [2.05, 4.69) is 10.4 Å². The van der Waals surface area contributed by atoms with Crippen LogP contribution in [0.25, 0.3) is 10.8 Å². The number of rotatable bonds is 5. The summed E-state index contributed by atoms with van der Waals surface area (Å²) in [5, 5.41) is 9.15. The maximum atomic E-state index is 12.0. The van der Waals surface area contributed by atoms with Gasteiger partial charge in [-0.2, -0.15) is 4.68 Å². The summed E-state index contributed by atoms with van der Waals surface area (Å²) in [5.74, 6) is -0.803. The van der Waals surface area contributed by atoms with Gasteiger partial charge in [0.05, 0.1) is 4.88 Å². The van der Waals surface area contributed by atoms with Gasteiger partial charge in [-0.1, -0.05) is 35.9 Å². The number of benzene rings is 1. The molecule has 3 aromatic rings. The van der Waals surface area contributed by atoms with Crippen molar-refractivity contribution >= 4 is 28.8 Å². The van der Waals surface area contributed by atoms with Crippen molar-refractivity contribution < 1.29 is 9.21 Å². The molecule has 2 heterocycles. The zero-order chi connectivity index (χ0) is 16.2. The van der Waals surface area contributed by atoms with E-state index in [-0.39, 0.29) is 24.9 Å². The lowest BCUT2D eigenvalue weighted by Gasteiger charge is -2.06. The van der Waals surface area contributed by atoms with Gasteiger partial charge in [0.1, 0.15) is 6.54 Å². The van der Waals surface area contributed by atoms with Crippen LogP contribution < -0.4 is 11.1 Å². The van der Waals surface area contributed by atoms with E-state index in [1.807, 2.05) is 29.6 Å². The summed E-state index contributed by atoms with van der Waals surface area (Å²) in [6.07, 6.45) is 0. The van der Waals surface area contributed by atoms with Crippen molar-refractivity contribution in [3.05, 3.63) is 62.9 Å². The second-order valence-electron chi connectivity index (χ2n) is 4.68. The largest absolute Gasteiger partial charge is 0.437 e. The minimum absolute atomic E-state index is 0.210. The fraction of sp³-hybridized carbons (Fsp3) is 0.133. The first-order chi connectivity index (χ1) is 11.1. The molecule has 23 heavy (non-hydrogen) atoms. The minimum atomic E-state index is -0.665. The molecule has 118 valence electrons. The number of halogens is 1. The molecule has 0 saturated heterocycles. The van der Waals surface area contributed by atoms with Crippen molar-refractivity contribution in [2.45, 2.75) is 13.1 Å². The maximum absolute atomic E-state index is 12.0. The van der Waals surface area contributed by atoms with Crippen LogP contribution in [0.3, 0.4) is 0 Å². The first-order valence-corrected chi connectivity index (χ1v) is 8.01. The number of aromatic nitrogens is 2. The van der Waals surface area contributed by atoms with Gasteiger partial charge in [0, 0.05) is 11.6 Å². The Morgan fingerprint density at radius 2 is 2.13 bits per heavy atom.